The van der Waals surface area contributed by atoms with Crippen molar-refractivity contribution in [2.24, 2.45) is 0 Å². The van der Waals surface area contributed by atoms with Crippen molar-refractivity contribution < 1.29 is 27.1 Å². The average Bonchev–Trinajstić information content (AvgIpc) is 3.15. The van der Waals surface area contributed by atoms with Crippen molar-refractivity contribution in [1.29, 1.82) is 0 Å². The number of alkyl halides is 4. The molecule has 0 radical (unpaired) electrons. The molecule has 0 saturated heterocycles. The van der Waals surface area contributed by atoms with Gasteiger partial charge in [0.25, 0.3) is 0 Å². The summed E-state index contributed by atoms with van der Waals surface area (Å²) in [7, 11) is 0. The lowest BCUT2D eigenvalue weighted by Crippen LogP contribution is -2.06. The number of oxazole rings is 1. The zero-order valence-corrected chi connectivity index (χ0v) is 17.7. The largest absolute Gasteiger partial charge is 0.462 e. The Morgan fingerprint density at radius 2 is 1.93 bits per heavy atom. The minimum absolute atomic E-state index is 0.136. The molecular weight excluding hydrogens is 463 g/mol. The summed E-state index contributed by atoms with van der Waals surface area (Å²) in [5.41, 5.74) is 1.52. The Kier molecular flexibility index (Phi) is 6.97. The van der Waals surface area contributed by atoms with E-state index in [0.29, 0.717) is 23.1 Å². The summed E-state index contributed by atoms with van der Waals surface area (Å²) < 4.78 is 49.5. The summed E-state index contributed by atoms with van der Waals surface area (Å²) in [6.07, 6.45) is -0.896. The number of fused-ring (bicyclic) bond motifs is 1. The second-order valence-corrected chi connectivity index (χ2v) is 7.17. The zero-order valence-electron chi connectivity index (χ0n) is 16.1. The van der Waals surface area contributed by atoms with Gasteiger partial charge in [-0.1, -0.05) is 41.4 Å². The Hall–Kier alpha value is -2.61. The quantitative estimate of drug-likeness (QED) is 0.213. The van der Waals surface area contributed by atoms with Crippen LogP contribution in [0, 0.1) is 0 Å². The molecule has 2 aromatic carbocycles. The molecule has 3 aromatic rings. The normalized spacial score (nSPS) is 12.4. The van der Waals surface area contributed by atoms with Crippen LogP contribution in [-0.2, 0) is 10.9 Å². The summed E-state index contributed by atoms with van der Waals surface area (Å²) >= 11 is 3.36. The lowest BCUT2D eigenvalue weighted by Gasteiger charge is -2.04. The third kappa shape index (κ3) is 5.30. The van der Waals surface area contributed by atoms with E-state index < -0.39 is 11.7 Å². The van der Waals surface area contributed by atoms with Crippen molar-refractivity contribution in [1.82, 2.24) is 4.98 Å². The summed E-state index contributed by atoms with van der Waals surface area (Å²) in [6, 6.07) is 10.0. The molecule has 0 saturated carbocycles. The molecule has 158 valence electrons. The van der Waals surface area contributed by atoms with Gasteiger partial charge < -0.3 is 9.15 Å². The molecule has 0 unspecified atom stereocenters. The maximum absolute atomic E-state index is 12.9. The number of rotatable bonds is 7. The van der Waals surface area contributed by atoms with E-state index in [4.69, 9.17) is 9.15 Å². The number of ether oxygens (including phenoxy) is 1. The number of aromatic nitrogens is 1. The van der Waals surface area contributed by atoms with E-state index in [-0.39, 0.29) is 23.0 Å². The van der Waals surface area contributed by atoms with Crippen LogP contribution in [0.4, 0.5) is 13.2 Å². The van der Waals surface area contributed by atoms with Crippen LogP contribution in [0.5, 0.6) is 0 Å². The third-order valence-corrected chi connectivity index (χ3v) is 4.96. The lowest BCUT2D eigenvalue weighted by atomic mass is 10.1. The summed E-state index contributed by atoms with van der Waals surface area (Å²) in [6.45, 7) is 2.40. The zero-order chi connectivity index (χ0) is 21.7. The number of carbonyl (C=O) groups excluding carboxylic acids is 1. The number of allylic oxidation sites excluding steroid dienone is 1. The van der Waals surface area contributed by atoms with Crippen molar-refractivity contribution in [2.45, 2.75) is 25.9 Å². The molecule has 4 nitrogen and oxygen atoms in total. The molecule has 3 rings (SSSR count). The molecule has 0 atom stereocenters. The Morgan fingerprint density at radius 3 is 2.57 bits per heavy atom. The van der Waals surface area contributed by atoms with Crippen LogP contribution in [0.25, 0.3) is 22.7 Å². The Labute approximate surface area is 179 Å². The van der Waals surface area contributed by atoms with Gasteiger partial charge in [-0.3, -0.25) is 0 Å². The number of carbonyl (C=O) groups is 1. The van der Waals surface area contributed by atoms with Crippen LogP contribution in [0.1, 0.15) is 47.1 Å². The van der Waals surface area contributed by atoms with E-state index in [1.165, 1.54) is 6.07 Å². The molecular formula is C22H19BrF3NO3. The third-order valence-electron chi connectivity index (χ3n) is 4.35. The van der Waals surface area contributed by atoms with Crippen LogP contribution in [-0.4, -0.2) is 22.9 Å². The predicted molar refractivity (Wildman–Crippen MR) is 112 cm³/mol. The van der Waals surface area contributed by atoms with Crippen LogP contribution < -0.4 is 0 Å². The Bertz CT molecular complexity index is 1060. The van der Waals surface area contributed by atoms with Crippen molar-refractivity contribution in [3.8, 4) is 0 Å². The van der Waals surface area contributed by atoms with Gasteiger partial charge in [-0.2, -0.15) is 13.2 Å². The number of nitrogens with zero attached hydrogens (tertiary/aromatic N) is 1. The van der Waals surface area contributed by atoms with Gasteiger partial charge >= 0.3 is 12.1 Å². The molecule has 1 aromatic heterocycles. The van der Waals surface area contributed by atoms with Gasteiger partial charge in [0.15, 0.2) is 5.58 Å². The molecule has 0 aliphatic rings. The molecule has 0 bridgehead atoms. The Morgan fingerprint density at radius 1 is 1.20 bits per heavy atom. The highest BCUT2D eigenvalue weighted by atomic mass is 79.9. The SMILES string of the molecule is CCCCOC(=O)c1ccc(/C=C(/CBr)c2nc3cc(C(F)(F)F)ccc3o2)cc1. The van der Waals surface area contributed by atoms with Crippen LogP contribution in [0.2, 0.25) is 0 Å². The highest BCUT2D eigenvalue weighted by Gasteiger charge is 2.31. The Balaban J connectivity index is 1.82. The first-order valence-electron chi connectivity index (χ1n) is 9.33. The smallest absolute Gasteiger partial charge is 0.416 e. The molecule has 0 N–H and O–H groups in total. The minimum atomic E-state index is -4.44. The van der Waals surface area contributed by atoms with Gasteiger partial charge in [-0.15, -0.1) is 0 Å². The van der Waals surface area contributed by atoms with E-state index >= 15 is 0 Å². The number of benzene rings is 2. The lowest BCUT2D eigenvalue weighted by molar-refractivity contribution is -0.137. The second kappa shape index (κ2) is 9.47. The molecule has 0 aliphatic heterocycles. The first kappa shape index (κ1) is 22.1. The first-order chi connectivity index (χ1) is 14.3. The molecule has 0 amide bonds. The van der Waals surface area contributed by atoms with Gasteiger partial charge in [0.1, 0.15) is 5.52 Å². The average molecular weight is 482 g/mol. The molecule has 30 heavy (non-hydrogen) atoms. The van der Waals surface area contributed by atoms with E-state index in [1.807, 2.05) is 6.92 Å². The predicted octanol–water partition coefficient (Wildman–Crippen LogP) is 6.74. The highest BCUT2D eigenvalue weighted by molar-refractivity contribution is 9.09. The number of esters is 1. The minimum Gasteiger partial charge on any atom is -0.462 e. The van der Waals surface area contributed by atoms with Crippen molar-refractivity contribution >= 4 is 44.6 Å². The van der Waals surface area contributed by atoms with Crippen LogP contribution >= 0.6 is 15.9 Å². The second-order valence-electron chi connectivity index (χ2n) is 6.61. The van der Waals surface area contributed by atoms with E-state index in [2.05, 4.69) is 20.9 Å². The standard InChI is InChI=1S/C22H19BrF3NO3/c1-2-3-10-29-21(28)15-6-4-14(5-7-15)11-16(13-23)20-27-18-12-17(22(24,25)26)8-9-19(18)30-20/h4-9,11-12H,2-3,10,13H2,1H3/b16-11-. The fourth-order valence-electron chi connectivity index (χ4n) is 2.71. The molecule has 0 spiro atoms. The summed E-state index contributed by atoms with van der Waals surface area (Å²) in [5, 5.41) is 0.382. The van der Waals surface area contributed by atoms with Gasteiger partial charge in [0.2, 0.25) is 5.89 Å². The van der Waals surface area contributed by atoms with E-state index in [0.717, 1.165) is 30.5 Å². The van der Waals surface area contributed by atoms with Crippen molar-refractivity contribution in [3.63, 3.8) is 0 Å². The van der Waals surface area contributed by atoms with Crippen LogP contribution in [0.3, 0.4) is 0 Å². The fourth-order valence-corrected chi connectivity index (χ4v) is 3.11. The topological polar surface area (TPSA) is 52.3 Å². The maximum atomic E-state index is 12.9. The highest BCUT2D eigenvalue weighted by Crippen LogP contribution is 2.32. The van der Waals surface area contributed by atoms with Crippen LogP contribution in [0.15, 0.2) is 46.9 Å². The number of hydrogen-bond donors (Lipinski definition) is 0. The maximum Gasteiger partial charge on any atom is 0.416 e. The fraction of sp³-hybridized carbons (Fsp3) is 0.273. The number of unbranched alkanes of at least 4 members (excludes halogenated alkanes) is 1. The van der Waals surface area contributed by atoms with Gasteiger partial charge in [-0.05, 0) is 48.4 Å². The van der Waals surface area contributed by atoms with E-state index in [9.17, 15) is 18.0 Å². The molecule has 0 fully saturated rings. The molecule has 1 heterocycles. The summed E-state index contributed by atoms with van der Waals surface area (Å²) in [4.78, 5) is 16.2. The van der Waals surface area contributed by atoms with Gasteiger partial charge in [-0.25, -0.2) is 9.78 Å². The first-order valence-corrected chi connectivity index (χ1v) is 10.5. The van der Waals surface area contributed by atoms with Gasteiger partial charge in [0, 0.05) is 10.9 Å². The summed E-state index contributed by atoms with van der Waals surface area (Å²) in [5.74, 6) is -0.150. The number of hydrogen-bond acceptors (Lipinski definition) is 4. The number of halogens is 4. The van der Waals surface area contributed by atoms with E-state index in [1.54, 1.807) is 30.3 Å². The van der Waals surface area contributed by atoms with Crippen molar-refractivity contribution in [3.05, 3.63) is 65.0 Å². The molecule has 8 heteroatoms. The molecule has 0 aliphatic carbocycles. The van der Waals surface area contributed by atoms with Gasteiger partial charge in [0.05, 0.1) is 17.7 Å². The van der Waals surface area contributed by atoms with Crippen molar-refractivity contribution in [2.75, 3.05) is 11.9 Å². The monoisotopic (exact) mass is 481 g/mol.